The maximum atomic E-state index is 12.1. The summed E-state index contributed by atoms with van der Waals surface area (Å²) in [5.41, 5.74) is 0.845. The van der Waals surface area contributed by atoms with E-state index < -0.39 is 12.0 Å². The molecule has 1 aromatic heterocycles. The molecule has 0 saturated carbocycles. The summed E-state index contributed by atoms with van der Waals surface area (Å²) in [6.07, 6.45) is 2.47. The van der Waals surface area contributed by atoms with Crippen LogP contribution in [-0.2, 0) is 16.1 Å². The highest BCUT2D eigenvalue weighted by Crippen LogP contribution is 2.20. The first-order valence-electron chi connectivity index (χ1n) is 7.19. The predicted octanol–water partition coefficient (Wildman–Crippen LogP) is 2.91. The minimum Gasteiger partial charge on any atom is -0.480 e. The Balaban J connectivity index is 2.13. The maximum Gasteiger partial charge on any atom is 0.326 e. The van der Waals surface area contributed by atoms with E-state index in [9.17, 15) is 14.7 Å². The average Bonchev–Trinajstić information content (AvgIpc) is 2.86. The highest BCUT2D eigenvalue weighted by molar-refractivity contribution is 6.31. The number of carbonyl (C=O) groups is 2. The first kappa shape index (κ1) is 16.4. The summed E-state index contributed by atoms with van der Waals surface area (Å²) in [6, 6.07) is 6.47. The highest BCUT2D eigenvalue weighted by atomic mass is 35.5. The Morgan fingerprint density at radius 2 is 2.09 bits per heavy atom. The monoisotopic (exact) mass is 322 g/mol. The van der Waals surface area contributed by atoms with Crippen molar-refractivity contribution < 1.29 is 14.7 Å². The standard InChI is InChI=1S/C16H19ClN2O3/c1-3-10(2)15(16(21)22)18-14(20)9-19-7-6-11-4-5-12(17)8-13(11)19/h4-8,10,15H,3,9H2,1-2H3,(H,18,20)(H,21,22)/t10-,15+/m1/s1. The zero-order valence-electron chi connectivity index (χ0n) is 12.5. The summed E-state index contributed by atoms with van der Waals surface area (Å²) in [5, 5.41) is 13.4. The number of carboxylic acid groups (broad SMARTS) is 1. The lowest BCUT2D eigenvalue weighted by Gasteiger charge is -2.20. The van der Waals surface area contributed by atoms with Crippen molar-refractivity contribution in [1.82, 2.24) is 9.88 Å². The van der Waals surface area contributed by atoms with Gasteiger partial charge in [0.15, 0.2) is 0 Å². The average molecular weight is 323 g/mol. The van der Waals surface area contributed by atoms with E-state index in [2.05, 4.69) is 5.32 Å². The number of carboxylic acids is 1. The molecule has 0 spiro atoms. The molecule has 0 radical (unpaired) electrons. The Morgan fingerprint density at radius 3 is 2.73 bits per heavy atom. The molecule has 1 heterocycles. The lowest BCUT2D eigenvalue weighted by atomic mass is 9.99. The Morgan fingerprint density at radius 1 is 1.36 bits per heavy atom. The van der Waals surface area contributed by atoms with E-state index in [1.807, 2.05) is 26.0 Å². The molecule has 2 rings (SSSR count). The van der Waals surface area contributed by atoms with Crippen LogP contribution in [0.3, 0.4) is 0 Å². The van der Waals surface area contributed by atoms with Gasteiger partial charge in [-0.3, -0.25) is 4.79 Å². The van der Waals surface area contributed by atoms with Crippen LogP contribution in [0.25, 0.3) is 10.9 Å². The quantitative estimate of drug-likeness (QED) is 0.859. The first-order valence-corrected chi connectivity index (χ1v) is 7.56. The van der Waals surface area contributed by atoms with E-state index in [-0.39, 0.29) is 18.4 Å². The molecule has 1 aromatic carbocycles. The van der Waals surface area contributed by atoms with Crippen LogP contribution in [0.2, 0.25) is 5.02 Å². The fraction of sp³-hybridized carbons (Fsp3) is 0.375. The van der Waals surface area contributed by atoms with Gasteiger partial charge in [-0.25, -0.2) is 4.79 Å². The fourth-order valence-electron chi connectivity index (χ4n) is 2.35. The highest BCUT2D eigenvalue weighted by Gasteiger charge is 2.25. The van der Waals surface area contributed by atoms with Gasteiger partial charge < -0.3 is 15.0 Å². The first-order chi connectivity index (χ1) is 10.4. The van der Waals surface area contributed by atoms with Crippen molar-refractivity contribution in [1.29, 1.82) is 0 Å². The van der Waals surface area contributed by atoms with Gasteiger partial charge in [0, 0.05) is 16.7 Å². The van der Waals surface area contributed by atoms with Gasteiger partial charge in [-0.15, -0.1) is 0 Å². The number of nitrogens with one attached hydrogen (secondary N) is 1. The summed E-state index contributed by atoms with van der Waals surface area (Å²) in [6.45, 7) is 3.77. The Hall–Kier alpha value is -2.01. The van der Waals surface area contributed by atoms with E-state index in [1.165, 1.54) is 0 Å². The van der Waals surface area contributed by atoms with Crippen LogP contribution >= 0.6 is 11.6 Å². The normalized spacial score (nSPS) is 13.8. The summed E-state index contributed by atoms with van der Waals surface area (Å²) in [4.78, 5) is 23.4. The van der Waals surface area contributed by atoms with Crippen LogP contribution < -0.4 is 5.32 Å². The number of benzene rings is 1. The second-order valence-corrected chi connectivity index (χ2v) is 5.85. The summed E-state index contributed by atoms with van der Waals surface area (Å²) in [5.74, 6) is -1.47. The molecule has 2 N–H and O–H groups in total. The van der Waals surface area contributed by atoms with E-state index in [1.54, 1.807) is 22.9 Å². The molecule has 0 saturated heterocycles. The van der Waals surface area contributed by atoms with Gasteiger partial charge in [-0.05, 0) is 29.5 Å². The number of amides is 1. The molecule has 22 heavy (non-hydrogen) atoms. The molecule has 6 heteroatoms. The fourth-order valence-corrected chi connectivity index (χ4v) is 2.52. The Kier molecular flexibility index (Phi) is 5.08. The van der Waals surface area contributed by atoms with Crippen molar-refractivity contribution in [2.45, 2.75) is 32.9 Å². The Labute approximate surface area is 133 Å². The van der Waals surface area contributed by atoms with Crippen LogP contribution in [0.4, 0.5) is 0 Å². The lowest BCUT2D eigenvalue weighted by Crippen LogP contribution is -2.46. The van der Waals surface area contributed by atoms with Gasteiger partial charge in [-0.1, -0.05) is 37.9 Å². The van der Waals surface area contributed by atoms with Crippen molar-refractivity contribution in [3.63, 3.8) is 0 Å². The molecule has 1 amide bonds. The summed E-state index contributed by atoms with van der Waals surface area (Å²) >= 11 is 5.98. The third-order valence-electron chi connectivity index (χ3n) is 3.85. The minimum absolute atomic E-state index is 0.0596. The van der Waals surface area contributed by atoms with Gasteiger partial charge in [0.2, 0.25) is 5.91 Å². The number of aromatic nitrogens is 1. The largest absolute Gasteiger partial charge is 0.480 e. The second-order valence-electron chi connectivity index (χ2n) is 5.42. The van der Waals surface area contributed by atoms with Gasteiger partial charge in [0.25, 0.3) is 0 Å². The molecule has 118 valence electrons. The minimum atomic E-state index is -1.01. The number of halogens is 1. The molecule has 2 atom stereocenters. The lowest BCUT2D eigenvalue weighted by molar-refractivity contribution is -0.143. The predicted molar refractivity (Wildman–Crippen MR) is 86.0 cm³/mol. The number of hydrogen-bond acceptors (Lipinski definition) is 2. The molecule has 0 aliphatic rings. The van der Waals surface area contributed by atoms with Crippen LogP contribution in [-0.4, -0.2) is 27.6 Å². The van der Waals surface area contributed by atoms with E-state index in [4.69, 9.17) is 11.6 Å². The number of nitrogens with zero attached hydrogens (tertiary/aromatic N) is 1. The number of aliphatic carboxylic acids is 1. The zero-order valence-corrected chi connectivity index (χ0v) is 13.3. The number of rotatable bonds is 6. The zero-order chi connectivity index (χ0) is 16.3. The van der Waals surface area contributed by atoms with E-state index in [0.29, 0.717) is 11.4 Å². The van der Waals surface area contributed by atoms with Crippen molar-refractivity contribution >= 4 is 34.4 Å². The molecule has 0 aliphatic heterocycles. The summed E-state index contributed by atoms with van der Waals surface area (Å²) < 4.78 is 1.76. The third kappa shape index (κ3) is 3.60. The van der Waals surface area contributed by atoms with Gasteiger partial charge in [-0.2, -0.15) is 0 Å². The molecule has 5 nitrogen and oxygen atoms in total. The third-order valence-corrected chi connectivity index (χ3v) is 4.08. The van der Waals surface area contributed by atoms with E-state index in [0.717, 1.165) is 10.9 Å². The van der Waals surface area contributed by atoms with Crippen LogP contribution in [0.1, 0.15) is 20.3 Å². The van der Waals surface area contributed by atoms with Crippen molar-refractivity contribution in [2.24, 2.45) is 5.92 Å². The molecular formula is C16H19ClN2O3. The Bertz CT molecular complexity index is 696. The summed E-state index contributed by atoms with van der Waals surface area (Å²) in [7, 11) is 0. The molecule has 0 fully saturated rings. The van der Waals surface area contributed by atoms with Crippen molar-refractivity contribution in [3.05, 3.63) is 35.5 Å². The van der Waals surface area contributed by atoms with Crippen LogP contribution in [0, 0.1) is 5.92 Å². The topological polar surface area (TPSA) is 71.3 Å². The maximum absolute atomic E-state index is 12.1. The van der Waals surface area contributed by atoms with E-state index >= 15 is 0 Å². The number of hydrogen-bond donors (Lipinski definition) is 2. The number of carbonyl (C=O) groups excluding carboxylic acids is 1. The molecular weight excluding hydrogens is 304 g/mol. The molecule has 0 aliphatic carbocycles. The van der Waals surface area contributed by atoms with Crippen molar-refractivity contribution in [2.75, 3.05) is 0 Å². The van der Waals surface area contributed by atoms with Gasteiger partial charge in [0.05, 0.1) is 0 Å². The molecule has 2 aromatic rings. The van der Waals surface area contributed by atoms with Crippen molar-refractivity contribution in [3.8, 4) is 0 Å². The SMILES string of the molecule is CC[C@@H](C)[C@H](NC(=O)Cn1ccc2ccc(Cl)cc21)C(=O)O. The van der Waals surface area contributed by atoms with Crippen LogP contribution in [0.15, 0.2) is 30.5 Å². The van der Waals surface area contributed by atoms with Gasteiger partial charge in [0.1, 0.15) is 12.6 Å². The molecule has 0 bridgehead atoms. The van der Waals surface area contributed by atoms with Gasteiger partial charge >= 0.3 is 5.97 Å². The van der Waals surface area contributed by atoms with Crippen LogP contribution in [0.5, 0.6) is 0 Å². The number of fused-ring (bicyclic) bond motifs is 1. The second kappa shape index (κ2) is 6.83. The smallest absolute Gasteiger partial charge is 0.326 e. The molecule has 0 unspecified atom stereocenters.